The van der Waals surface area contributed by atoms with Crippen LogP contribution < -0.4 is 5.44 Å². The first-order valence-corrected chi connectivity index (χ1v) is 8.53. The van der Waals surface area contributed by atoms with Crippen molar-refractivity contribution in [3.8, 4) is 11.3 Å². The van der Waals surface area contributed by atoms with E-state index in [-0.39, 0.29) is 18.6 Å². The first kappa shape index (κ1) is 15.4. The molecule has 0 bridgehead atoms. The molecule has 7 heteroatoms. The molecule has 1 aromatic carbocycles. The summed E-state index contributed by atoms with van der Waals surface area (Å²) >= 11 is 3.37. The molecule has 1 heterocycles. The van der Waals surface area contributed by atoms with Crippen molar-refractivity contribution >= 4 is 29.0 Å². The zero-order valence-electron chi connectivity index (χ0n) is 11.2. The maximum Gasteiger partial charge on any atom is 0.383 e. The van der Waals surface area contributed by atoms with E-state index in [1.54, 1.807) is 13.8 Å². The van der Waals surface area contributed by atoms with Crippen LogP contribution in [0.2, 0.25) is 0 Å². The molecule has 0 spiro atoms. The third kappa shape index (κ3) is 3.20. The lowest BCUT2D eigenvalue weighted by molar-refractivity contribution is 0.229. The fourth-order valence-electron chi connectivity index (χ4n) is 1.73. The molecule has 2 aromatic rings. The molecule has 0 unspecified atom stereocenters. The van der Waals surface area contributed by atoms with E-state index in [0.717, 1.165) is 10.0 Å². The Hall–Kier alpha value is -0.940. The smallest absolute Gasteiger partial charge is 0.383 e. The second-order valence-electron chi connectivity index (χ2n) is 3.85. The minimum absolute atomic E-state index is 0.212. The first-order valence-electron chi connectivity index (χ1n) is 6.19. The molecule has 0 aliphatic rings. The Balaban J connectivity index is 2.46. The molecule has 0 saturated carbocycles. The zero-order valence-corrected chi connectivity index (χ0v) is 13.7. The Morgan fingerprint density at radius 2 is 1.80 bits per heavy atom. The molecular weight excluding hydrogens is 345 g/mol. The molecular formula is C13H15BrNO4P. The van der Waals surface area contributed by atoms with Gasteiger partial charge in [0.05, 0.1) is 13.2 Å². The predicted molar refractivity (Wildman–Crippen MR) is 80.1 cm³/mol. The topological polar surface area (TPSA) is 61.6 Å². The van der Waals surface area contributed by atoms with E-state index in [4.69, 9.17) is 13.5 Å². The van der Waals surface area contributed by atoms with Gasteiger partial charge in [-0.3, -0.25) is 4.57 Å². The molecule has 0 amide bonds. The lowest BCUT2D eigenvalue weighted by Gasteiger charge is -2.15. The van der Waals surface area contributed by atoms with E-state index in [2.05, 4.69) is 20.9 Å². The fraction of sp³-hybridized carbons (Fsp3) is 0.308. The summed E-state index contributed by atoms with van der Waals surface area (Å²) in [6, 6.07) is 7.43. The van der Waals surface area contributed by atoms with Crippen LogP contribution in [0.15, 0.2) is 39.5 Å². The maximum atomic E-state index is 12.8. The van der Waals surface area contributed by atoms with Crippen molar-refractivity contribution in [2.24, 2.45) is 0 Å². The quantitative estimate of drug-likeness (QED) is 0.729. The highest BCUT2D eigenvalue weighted by Crippen LogP contribution is 2.48. The zero-order chi connectivity index (χ0) is 14.6. The standard InChI is InChI=1S/C13H15BrNO4P/c1-3-18-20(16,19-4-2)13-12(17-9-15-13)10-5-7-11(14)8-6-10/h5-9H,3-4H2,1-2H3. The summed E-state index contributed by atoms with van der Waals surface area (Å²) in [4.78, 5) is 4.03. The normalized spacial score (nSPS) is 11.8. The molecule has 0 radical (unpaired) electrons. The van der Waals surface area contributed by atoms with Crippen LogP contribution in [0.4, 0.5) is 0 Å². The van der Waals surface area contributed by atoms with Crippen LogP contribution in [0.5, 0.6) is 0 Å². The summed E-state index contributed by atoms with van der Waals surface area (Å²) in [5.41, 5.74) is 0.976. The number of rotatable bonds is 6. The molecule has 2 rings (SSSR count). The van der Waals surface area contributed by atoms with Crippen molar-refractivity contribution in [2.75, 3.05) is 13.2 Å². The number of oxazole rings is 1. The second kappa shape index (κ2) is 6.68. The van der Waals surface area contributed by atoms with Crippen molar-refractivity contribution in [1.82, 2.24) is 4.98 Å². The molecule has 0 aliphatic carbocycles. The minimum atomic E-state index is -3.46. The van der Waals surface area contributed by atoms with Crippen molar-refractivity contribution in [2.45, 2.75) is 13.8 Å². The van der Waals surface area contributed by atoms with Gasteiger partial charge in [-0.25, -0.2) is 4.98 Å². The van der Waals surface area contributed by atoms with Crippen molar-refractivity contribution < 1.29 is 18.0 Å². The van der Waals surface area contributed by atoms with Crippen LogP contribution in [0.3, 0.4) is 0 Å². The van der Waals surface area contributed by atoms with E-state index in [9.17, 15) is 4.57 Å². The van der Waals surface area contributed by atoms with Crippen LogP contribution in [0.25, 0.3) is 11.3 Å². The molecule has 0 atom stereocenters. The van der Waals surface area contributed by atoms with Crippen LogP contribution in [-0.2, 0) is 13.6 Å². The van der Waals surface area contributed by atoms with Crippen molar-refractivity contribution in [1.29, 1.82) is 0 Å². The Bertz CT molecular complexity index is 601. The molecule has 0 aliphatic heterocycles. The first-order chi connectivity index (χ1) is 9.60. The van der Waals surface area contributed by atoms with Gasteiger partial charge in [0.2, 0.25) is 0 Å². The van der Waals surface area contributed by atoms with Crippen LogP contribution in [0, 0.1) is 0 Å². The van der Waals surface area contributed by atoms with Gasteiger partial charge in [-0.2, -0.15) is 0 Å². The number of aromatic nitrogens is 1. The van der Waals surface area contributed by atoms with Gasteiger partial charge in [0, 0.05) is 10.0 Å². The fourth-order valence-corrected chi connectivity index (χ4v) is 3.62. The summed E-state index contributed by atoms with van der Waals surface area (Å²) in [5.74, 6) is 0.405. The predicted octanol–water partition coefficient (Wildman–Crippen LogP) is 4.00. The second-order valence-corrected chi connectivity index (χ2v) is 6.70. The summed E-state index contributed by atoms with van der Waals surface area (Å²) < 4.78 is 29.7. The molecule has 0 N–H and O–H groups in total. The monoisotopic (exact) mass is 359 g/mol. The van der Waals surface area contributed by atoms with Gasteiger partial charge in [0.1, 0.15) is 0 Å². The largest absolute Gasteiger partial charge is 0.442 e. The van der Waals surface area contributed by atoms with Gasteiger partial charge in [-0.15, -0.1) is 0 Å². The average Bonchev–Trinajstić information content (AvgIpc) is 2.90. The van der Waals surface area contributed by atoms with E-state index in [1.807, 2.05) is 24.3 Å². The summed E-state index contributed by atoms with van der Waals surface area (Å²) in [6.45, 7) is 4.05. The van der Waals surface area contributed by atoms with Gasteiger partial charge in [-0.05, 0) is 26.0 Å². The highest BCUT2D eigenvalue weighted by atomic mass is 79.9. The SMILES string of the molecule is CCOP(=O)(OCC)c1ncoc1-c1ccc(Br)cc1. The maximum absolute atomic E-state index is 12.8. The highest BCUT2D eigenvalue weighted by molar-refractivity contribution is 9.10. The third-order valence-electron chi connectivity index (χ3n) is 2.51. The number of benzene rings is 1. The van der Waals surface area contributed by atoms with Crippen LogP contribution in [-0.4, -0.2) is 18.2 Å². The number of hydrogen-bond acceptors (Lipinski definition) is 5. The molecule has 5 nitrogen and oxygen atoms in total. The van der Waals surface area contributed by atoms with Crippen LogP contribution >= 0.6 is 23.5 Å². The van der Waals surface area contributed by atoms with Crippen molar-refractivity contribution in [3.63, 3.8) is 0 Å². The van der Waals surface area contributed by atoms with Gasteiger partial charge in [-0.1, -0.05) is 28.1 Å². The summed E-state index contributed by atoms with van der Waals surface area (Å²) in [7, 11) is -3.46. The molecule has 20 heavy (non-hydrogen) atoms. The molecule has 1 aromatic heterocycles. The average molecular weight is 360 g/mol. The van der Waals surface area contributed by atoms with E-state index in [1.165, 1.54) is 6.39 Å². The number of halogens is 1. The Labute approximate surface area is 126 Å². The number of nitrogens with zero attached hydrogens (tertiary/aromatic N) is 1. The lowest BCUT2D eigenvalue weighted by Crippen LogP contribution is -2.13. The molecule has 0 saturated heterocycles. The molecule has 0 fully saturated rings. The Morgan fingerprint density at radius 1 is 1.20 bits per heavy atom. The molecule has 108 valence electrons. The van der Waals surface area contributed by atoms with Crippen LogP contribution in [0.1, 0.15) is 13.8 Å². The Kier molecular flexibility index (Phi) is 5.16. The number of hydrogen-bond donors (Lipinski definition) is 0. The lowest BCUT2D eigenvalue weighted by atomic mass is 10.2. The minimum Gasteiger partial charge on any atom is -0.442 e. The summed E-state index contributed by atoms with van der Waals surface area (Å²) in [5, 5.41) is 0. The highest BCUT2D eigenvalue weighted by Gasteiger charge is 2.34. The van der Waals surface area contributed by atoms with Gasteiger partial charge < -0.3 is 13.5 Å². The summed E-state index contributed by atoms with van der Waals surface area (Å²) in [6.07, 6.45) is 1.25. The van der Waals surface area contributed by atoms with Gasteiger partial charge in [0.25, 0.3) is 0 Å². The van der Waals surface area contributed by atoms with E-state index in [0.29, 0.717) is 5.76 Å². The Morgan fingerprint density at radius 3 is 2.35 bits per heavy atom. The van der Waals surface area contributed by atoms with Crippen molar-refractivity contribution in [3.05, 3.63) is 35.1 Å². The van der Waals surface area contributed by atoms with E-state index >= 15 is 0 Å². The van der Waals surface area contributed by atoms with Gasteiger partial charge in [0.15, 0.2) is 17.6 Å². The third-order valence-corrected chi connectivity index (χ3v) is 5.07. The van der Waals surface area contributed by atoms with Gasteiger partial charge >= 0.3 is 7.60 Å². The van der Waals surface area contributed by atoms with E-state index < -0.39 is 7.60 Å².